The van der Waals surface area contributed by atoms with Crippen molar-refractivity contribution in [1.29, 1.82) is 0 Å². The van der Waals surface area contributed by atoms with Gasteiger partial charge in [-0.05, 0) is 55.6 Å². The van der Waals surface area contributed by atoms with Crippen molar-refractivity contribution in [1.82, 2.24) is 15.5 Å². The molecule has 0 saturated heterocycles. The number of nitrogens with zero attached hydrogens (tertiary/aromatic N) is 2. The van der Waals surface area contributed by atoms with Crippen molar-refractivity contribution >= 4 is 63.7 Å². The molecule has 1 aliphatic carbocycles. The highest BCUT2D eigenvalue weighted by Gasteiger charge is 2.23. The number of nitrogens with one attached hydrogen (secondary N) is 3. The van der Waals surface area contributed by atoms with Gasteiger partial charge in [-0.25, -0.2) is 0 Å². The van der Waals surface area contributed by atoms with Crippen LogP contribution in [0.15, 0.2) is 28.6 Å². The topological polar surface area (TPSA) is 90.8 Å². The first-order valence-corrected chi connectivity index (χ1v) is 13.4. The Kier molecular flexibility index (Phi) is 8.32. The van der Waals surface area contributed by atoms with Gasteiger partial charge < -0.3 is 10.6 Å². The van der Waals surface area contributed by atoms with E-state index in [9.17, 15) is 9.59 Å². The molecule has 0 aliphatic heterocycles. The molecule has 0 atom stereocenters. The Morgan fingerprint density at radius 2 is 2.06 bits per heavy atom. The summed E-state index contributed by atoms with van der Waals surface area (Å²) in [5.74, 6) is 3.13. The van der Waals surface area contributed by atoms with Gasteiger partial charge in [0, 0.05) is 54.3 Å². The Morgan fingerprint density at radius 3 is 2.85 bits per heavy atom. The summed E-state index contributed by atoms with van der Waals surface area (Å²) in [5.41, 5.74) is 4.46. The lowest BCUT2D eigenvalue weighted by atomic mass is 9.94. The summed E-state index contributed by atoms with van der Waals surface area (Å²) in [6.07, 6.45) is 10.4. The van der Waals surface area contributed by atoms with Gasteiger partial charge in [0.05, 0.1) is 0 Å². The molecule has 0 fully saturated rings. The number of aryl methyl sites for hydroxylation is 1. The van der Waals surface area contributed by atoms with Crippen molar-refractivity contribution in [3.8, 4) is 12.3 Å². The fraction of sp³-hybridized carbons (Fsp3) is 0.375. The van der Waals surface area contributed by atoms with Gasteiger partial charge in [-0.3, -0.25) is 14.7 Å². The average molecular weight is 513 g/mol. The molecular weight excluding hydrogens is 486 g/mol. The van der Waals surface area contributed by atoms with Crippen LogP contribution in [0, 0.1) is 16.3 Å². The molecule has 10 heteroatoms. The average Bonchev–Trinajstić information content (AvgIpc) is 3.25. The third-order valence-electron chi connectivity index (χ3n) is 5.63. The molecule has 2 heterocycles. The van der Waals surface area contributed by atoms with Crippen LogP contribution in [-0.4, -0.2) is 34.3 Å². The number of hydrogen-bond donors (Lipinski definition) is 3. The first-order valence-electron chi connectivity index (χ1n) is 11.2. The van der Waals surface area contributed by atoms with E-state index < -0.39 is 0 Å². The third-order valence-corrected chi connectivity index (χ3v) is 7.87. The minimum absolute atomic E-state index is 0.124. The molecule has 0 saturated carbocycles. The van der Waals surface area contributed by atoms with E-state index in [1.165, 1.54) is 47.2 Å². The minimum Gasteiger partial charge on any atom is -0.355 e. The van der Waals surface area contributed by atoms with Crippen molar-refractivity contribution in [2.24, 2.45) is 0 Å². The fourth-order valence-corrected chi connectivity index (χ4v) is 6.13. The van der Waals surface area contributed by atoms with Crippen LogP contribution in [0.5, 0.6) is 0 Å². The van der Waals surface area contributed by atoms with Crippen LogP contribution in [0.25, 0.3) is 10.9 Å². The molecule has 34 heavy (non-hydrogen) atoms. The Bertz CT molecular complexity index is 1310. The molecule has 1 aromatic carbocycles. The molecule has 2 aromatic heterocycles. The number of fused-ring (bicyclic) bond motifs is 2. The molecule has 0 unspecified atom stereocenters. The SMILES string of the molecule is C#CC[n+]1c2c(cc3cc(NC(=O)CCC(=O)NCCSc4n[nH]c(=S)s4)ccc31)CCCC2. The van der Waals surface area contributed by atoms with E-state index in [4.69, 9.17) is 18.6 Å². The maximum absolute atomic E-state index is 12.4. The number of anilines is 1. The molecule has 0 spiro atoms. The van der Waals surface area contributed by atoms with Crippen LogP contribution in [-0.2, 0) is 29.0 Å². The van der Waals surface area contributed by atoms with Crippen molar-refractivity contribution in [2.75, 3.05) is 17.6 Å². The number of amides is 2. The van der Waals surface area contributed by atoms with Crippen LogP contribution in [0.2, 0.25) is 0 Å². The molecule has 0 bridgehead atoms. The van der Waals surface area contributed by atoms with Crippen LogP contribution in [0.1, 0.15) is 36.9 Å². The zero-order chi connectivity index (χ0) is 23.9. The van der Waals surface area contributed by atoms with Gasteiger partial charge in [0.15, 0.2) is 14.0 Å². The van der Waals surface area contributed by atoms with Crippen molar-refractivity contribution in [3.63, 3.8) is 0 Å². The fourth-order valence-electron chi connectivity index (χ4n) is 4.12. The minimum atomic E-state index is -0.186. The summed E-state index contributed by atoms with van der Waals surface area (Å²) in [7, 11) is 0. The molecular formula is C24H26N5O2S3+. The Hall–Kier alpha value is -2.74. The third kappa shape index (κ3) is 6.23. The van der Waals surface area contributed by atoms with Gasteiger partial charge in [0.25, 0.3) is 0 Å². The van der Waals surface area contributed by atoms with Crippen LogP contribution >= 0.6 is 35.3 Å². The number of carbonyl (C=O) groups excluding carboxylic acids is 2. The Labute approximate surface area is 211 Å². The zero-order valence-corrected chi connectivity index (χ0v) is 21.1. The second-order valence-corrected chi connectivity index (χ2v) is 11.0. The summed E-state index contributed by atoms with van der Waals surface area (Å²) in [4.78, 5) is 24.5. The molecule has 2 amide bonds. The van der Waals surface area contributed by atoms with Gasteiger partial charge in [-0.2, -0.15) is 9.67 Å². The number of rotatable bonds is 9. The molecule has 3 N–H and O–H groups in total. The van der Waals surface area contributed by atoms with Crippen LogP contribution in [0.4, 0.5) is 5.69 Å². The monoisotopic (exact) mass is 512 g/mol. The summed E-state index contributed by atoms with van der Waals surface area (Å²) in [6.45, 7) is 1.04. The lowest BCUT2D eigenvalue weighted by Crippen LogP contribution is -2.41. The number of thioether (sulfide) groups is 1. The lowest BCUT2D eigenvalue weighted by Gasteiger charge is -2.16. The van der Waals surface area contributed by atoms with Gasteiger partial charge in [-0.15, -0.1) is 6.42 Å². The molecule has 3 aromatic rings. The van der Waals surface area contributed by atoms with E-state index in [1.807, 2.05) is 18.2 Å². The predicted octanol–water partition coefficient (Wildman–Crippen LogP) is 3.78. The Morgan fingerprint density at radius 1 is 1.24 bits per heavy atom. The second-order valence-electron chi connectivity index (χ2n) is 8.01. The number of carbonyl (C=O) groups is 2. The molecule has 4 rings (SSSR count). The number of terminal acetylenes is 1. The van der Waals surface area contributed by atoms with Crippen LogP contribution in [0.3, 0.4) is 0 Å². The highest BCUT2D eigenvalue weighted by molar-refractivity contribution is 8.01. The summed E-state index contributed by atoms with van der Waals surface area (Å²) in [5, 5.41) is 13.6. The van der Waals surface area contributed by atoms with Gasteiger partial charge in [-0.1, -0.05) is 23.1 Å². The highest BCUT2D eigenvalue weighted by atomic mass is 32.2. The second kappa shape index (κ2) is 11.6. The van der Waals surface area contributed by atoms with E-state index in [2.05, 4.69) is 37.4 Å². The van der Waals surface area contributed by atoms with E-state index >= 15 is 0 Å². The maximum Gasteiger partial charge on any atom is 0.224 e. The van der Waals surface area contributed by atoms with Gasteiger partial charge in [0.1, 0.15) is 0 Å². The summed E-state index contributed by atoms with van der Waals surface area (Å²) in [6, 6.07) is 8.11. The van der Waals surface area contributed by atoms with Crippen molar-refractivity contribution in [3.05, 3.63) is 39.5 Å². The molecule has 0 radical (unpaired) electrons. The Balaban J connectivity index is 1.29. The predicted molar refractivity (Wildman–Crippen MR) is 139 cm³/mol. The lowest BCUT2D eigenvalue weighted by molar-refractivity contribution is -0.667. The molecule has 176 valence electrons. The molecule has 1 aliphatic rings. The number of aromatic amines is 1. The van der Waals surface area contributed by atoms with Gasteiger partial charge >= 0.3 is 0 Å². The maximum atomic E-state index is 12.4. The summed E-state index contributed by atoms with van der Waals surface area (Å²) >= 11 is 7.93. The number of benzene rings is 1. The van der Waals surface area contributed by atoms with Crippen molar-refractivity contribution < 1.29 is 14.2 Å². The molecule has 7 nitrogen and oxygen atoms in total. The van der Waals surface area contributed by atoms with E-state index in [0.717, 1.165) is 33.8 Å². The zero-order valence-electron chi connectivity index (χ0n) is 18.7. The van der Waals surface area contributed by atoms with Gasteiger partial charge in [0.2, 0.25) is 23.9 Å². The highest BCUT2D eigenvalue weighted by Crippen LogP contribution is 2.25. The number of H-pyrrole nitrogens is 1. The van der Waals surface area contributed by atoms with Crippen molar-refractivity contribution in [2.45, 2.75) is 49.4 Å². The van der Waals surface area contributed by atoms with Crippen LogP contribution < -0.4 is 15.2 Å². The summed E-state index contributed by atoms with van der Waals surface area (Å²) < 4.78 is 3.70. The number of aromatic nitrogens is 3. The van der Waals surface area contributed by atoms with E-state index in [0.29, 0.717) is 22.8 Å². The largest absolute Gasteiger partial charge is 0.355 e. The number of pyridine rings is 1. The first kappa shape index (κ1) is 24.4. The van der Waals surface area contributed by atoms with E-state index in [-0.39, 0.29) is 24.7 Å². The standard InChI is InChI=1S/C24H25N5O2S3/c1-2-12-29-19-6-4-3-5-16(19)14-17-15-18(7-8-20(17)29)26-22(31)10-9-21(30)25-11-13-33-24-28-27-23(32)34-24/h1,7-8,14-15H,3-6,9-13H2,(H2-,25,26,27,30,31,32)/p+1. The normalized spacial score (nSPS) is 12.7. The first-order chi connectivity index (χ1) is 16.5. The quantitative estimate of drug-likeness (QED) is 0.133. The number of hydrogen-bond acceptors (Lipinski definition) is 6. The van der Waals surface area contributed by atoms with E-state index in [1.54, 1.807) is 0 Å². The smallest absolute Gasteiger partial charge is 0.224 e.